The summed E-state index contributed by atoms with van der Waals surface area (Å²) in [7, 11) is 0. The van der Waals surface area contributed by atoms with Crippen LogP contribution in [0.3, 0.4) is 0 Å². The van der Waals surface area contributed by atoms with Crippen LogP contribution in [0, 0.1) is 5.41 Å². The highest BCUT2D eigenvalue weighted by atomic mass is 32.1. The molecule has 1 aromatic rings. The van der Waals surface area contributed by atoms with Crippen LogP contribution in [0.4, 0.5) is 0 Å². The summed E-state index contributed by atoms with van der Waals surface area (Å²) in [5.41, 5.74) is 3.69. The van der Waals surface area contributed by atoms with E-state index in [1.807, 2.05) is 5.51 Å². The highest BCUT2D eigenvalue weighted by molar-refractivity contribution is 7.07. The number of thiazole rings is 1. The first-order chi connectivity index (χ1) is 7.16. The van der Waals surface area contributed by atoms with Crippen molar-refractivity contribution < 1.29 is 0 Å². The molecule has 0 saturated heterocycles. The molecule has 3 heteroatoms. The summed E-state index contributed by atoms with van der Waals surface area (Å²) in [6, 6.07) is 0.735. The summed E-state index contributed by atoms with van der Waals surface area (Å²) in [5, 5.41) is 5.78. The van der Waals surface area contributed by atoms with Crippen molar-refractivity contribution in [3.63, 3.8) is 0 Å². The fourth-order valence-electron chi connectivity index (χ4n) is 2.38. The van der Waals surface area contributed by atoms with Gasteiger partial charge in [0.2, 0.25) is 0 Å². The van der Waals surface area contributed by atoms with Crippen LogP contribution >= 0.6 is 11.3 Å². The van der Waals surface area contributed by atoms with Gasteiger partial charge in [0.15, 0.2) is 0 Å². The standard InChI is InChI=1S/C12H20N2S/c1-12(2)5-3-10(7-12)13-6-4-11-8-15-9-14-11/h8-10,13H,3-7H2,1-2H3. The van der Waals surface area contributed by atoms with Crippen LogP contribution in [0.2, 0.25) is 0 Å². The lowest BCUT2D eigenvalue weighted by Crippen LogP contribution is -2.29. The smallest absolute Gasteiger partial charge is 0.0794 e. The minimum absolute atomic E-state index is 0.554. The summed E-state index contributed by atoms with van der Waals surface area (Å²) in [6.45, 7) is 5.81. The number of rotatable bonds is 4. The molecular weight excluding hydrogens is 204 g/mol. The predicted molar refractivity (Wildman–Crippen MR) is 65.2 cm³/mol. The molecule has 1 heterocycles. The van der Waals surface area contributed by atoms with Gasteiger partial charge in [-0.25, -0.2) is 4.98 Å². The van der Waals surface area contributed by atoms with Crippen LogP contribution in [0.5, 0.6) is 0 Å². The Kier molecular flexibility index (Phi) is 3.42. The Balaban J connectivity index is 1.67. The topological polar surface area (TPSA) is 24.9 Å². The summed E-state index contributed by atoms with van der Waals surface area (Å²) in [5.74, 6) is 0. The van der Waals surface area contributed by atoms with E-state index in [-0.39, 0.29) is 0 Å². The van der Waals surface area contributed by atoms with Crippen LogP contribution in [0.1, 0.15) is 38.8 Å². The maximum Gasteiger partial charge on any atom is 0.0794 e. The zero-order valence-corrected chi connectivity index (χ0v) is 10.4. The molecular formula is C12H20N2S. The monoisotopic (exact) mass is 224 g/mol. The number of hydrogen-bond donors (Lipinski definition) is 1. The van der Waals surface area contributed by atoms with Crippen LogP contribution < -0.4 is 5.32 Å². The zero-order chi connectivity index (χ0) is 10.7. The fourth-order valence-corrected chi connectivity index (χ4v) is 2.97. The van der Waals surface area contributed by atoms with Gasteiger partial charge in [0.1, 0.15) is 0 Å². The lowest BCUT2D eigenvalue weighted by molar-refractivity contribution is 0.365. The Hall–Kier alpha value is -0.410. The van der Waals surface area contributed by atoms with Crippen molar-refractivity contribution in [2.75, 3.05) is 6.54 Å². The van der Waals surface area contributed by atoms with Crippen LogP contribution in [0.15, 0.2) is 10.9 Å². The summed E-state index contributed by atoms with van der Waals surface area (Å²) >= 11 is 1.68. The number of aromatic nitrogens is 1. The molecule has 0 aromatic carbocycles. The Bertz CT molecular complexity index is 293. The first-order valence-corrected chi connectivity index (χ1v) is 6.70. The van der Waals surface area contributed by atoms with Gasteiger partial charge >= 0.3 is 0 Å². The molecule has 0 aliphatic heterocycles. The maximum absolute atomic E-state index is 4.29. The van der Waals surface area contributed by atoms with Crippen molar-refractivity contribution in [2.45, 2.75) is 45.6 Å². The Morgan fingerprint density at radius 2 is 2.47 bits per heavy atom. The number of hydrogen-bond acceptors (Lipinski definition) is 3. The minimum Gasteiger partial charge on any atom is -0.314 e. The van der Waals surface area contributed by atoms with E-state index in [9.17, 15) is 0 Å². The van der Waals surface area contributed by atoms with Crippen molar-refractivity contribution in [1.82, 2.24) is 10.3 Å². The summed E-state index contributed by atoms with van der Waals surface area (Å²) in [4.78, 5) is 4.29. The van der Waals surface area contributed by atoms with E-state index in [0.29, 0.717) is 5.41 Å². The first kappa shape index (κ1) is 11.1. The van der Waals surface area contributed by atoms with Gasteiger partial charge in [-0.2, -0.15) is 0 Å². The third-order valence-electron chi connectivity index (χ3n) is 3.27. The SMILES string of the molecule is CC1(C)CCC(NCCc2cscn2)C1. The Morgan fingerprint density at radius 3 is 3.07 bits per heavy atom. The molecule has 84 valence electrons. The molecule has 0 spiro atoms. The second kappa shape index (κ2) is 4.62. The lowest BCUT2D eigenvalue weighted by Gasteiger charge is -2.17. The third kappa shape index (κ3) is 3.28. The summed E-state index contributed by atoms with van der Waals surface area (Å²) in [6.07, 6.45) is 5.09. The van der Waals surface area contributed by atoms with Gasteiger partial charge in [-0.1, -0.05) is 13.8 Å². The van der Waals surface area contributed by atoms with Gasteiger partial charge in [-0.05, 0) is 24.7 Å². The van der Waals surface area contributed by atoms with Gasteiger partial charge in [0.25, 0.3) is 0 Å². The third-order valence-corrected chi connectivity index (χ3v) is 3.90. The van der Waals surface area contributed by atoms with E-state index >= 15 is 0 Å². The van der Waals surface area contributed by atoms with Gasteiger partial charge in [0.05, 0.1) is 11.2 Å². The van der Waals surface area contributed by atoms with E-state index in [2.05, 4.69) is 29.5 Å². The highest BCUT2D eigenvalue weighted by Gasteiger charge is 2.30. The molecule has 0 radical (unpaired) electrons. The van der Waals surface area contributed by atoms with Crippen molar-refractivity contribution in [1.29, 1.82) is 0 Å². The minimum atomic E-state index is 0.554. The molecule has 1 aliphatic rings. The maximum atomic E-state index is 4.29. The van der Waals surface area contributed by atoms with Crippen LogP contribution in [-0.2, 0) is 6.42 Å². The quantitative estimate of drug-likeness (QED) is 0.850. The molecule has 1 saturated carbocycles. The van der Waals surface area contributed by atoms with E-state index in [4.69, 9.17) is 0 Å². The van der Waals surface area contributed by atoms with Crippen LogP contribution in [0.25, 0.3) is 0 Å². The largest absolute Gasteiger partial charge is 0.314 e. The lowest BCUT2D eigenvalue weighted by atomic mass is 9.92. The normalized spacial score (nSPS) is 24.5. The van der Waals surface area contributed by atoms with Gasteiger partial charge in [0, 0.05) is 24.4 Å². The van der Waals surface area contributed by atoms with Crippen molar-refractivity contribution >= 4 is 11.3 Å². The van der Waals surface area contributed by atoms with Gasteiger partial charge < -0.3 is 5.32 Å². The van der Waals surface area contributed by atoms with Crippen molar-refractivity contribution in [2.24, 2.45) is 5.41 Å². The van der Waals surface area contributed by atoms with Crippen molar-refractivity contribution in [3.8, 4) is 0 Å². The predicted octanol–water partition coefficient (Wildman–Crippen LogP) is 2.85. The number of nitrogens with one attached hydrogen (secondary N) is 1. The molecule has 2 nitrogen and oxygen atoms in total. The molecule has 1 aromatic heterocycles. The molecule has 0 amide bonds. The number of nitrogens with zero attached hydrogens (tertiary/aromatic N) is 1. The average Bonchev–Trinajstić information content (AvgIpc) is 2.76. The van der Waals surface area contributed by atoms with E-state index in [1.165, 1.54) is 25.0 Å². The average molecular weight is 224 g/mol. The second-order valence-corrected chi connectivity index (χ2v) is 6.01. The van der Waals surface area contributed by atoms with Crippen molar-refractivity contribution in [3.05, 3.63) is 16.6 Å². The summed E-state index contributed by atoms with van der Waals surface area (Å²) < 4.78 is 0. The molecule has 0 bridgehead atoms. The van der Waals surface area contributed by atoms with Gasteiger partial charge in [-0.15, -0.1) is 11.3 Å². The fraction of sp³-hybridized carbons (Fsp3) is 0.750. The van der Waals surface area contributed by atoms with E-state index in [0.717, 1.165) is 19.0 Å². The second-order valence-electron chi connectivity index (χ2n) is 5.29. The zero-order valence-electron chi connectivity index (χ0n) is 9.62. The molecule has 1 N–H and O–H groups in total. The molecule has 15 heavy (non-hydrogen) atoms. The first-order valence-electron chi connectivity index (χ1n) is 5.76. The molecule has 2 rings (SSSR count). The van der Waals surface area contributed by atoms with E-state index in [1.54, 1.807) is 11.3 Å². The molecule has 1 atom stereocenters. The van der Waals surface area contributed by atoms with Gasteiger partial charge in [-0.3, -0.25) is 0 Å². The highest BCUT2D eigenvalue weighted by Crippen LogP contribution is 2.36. The molecule has 1 aliphatic carbocycles. The molecule has 1 unspecified atom stereocenters. The van der Waals surface area contributed by atoms with E-state index < -0.39 is 0 Å². The Labute approximate surface area is 96.1 Å². The molecule has 1 fully saturated rings. The Morgan fingerprint density at radius 1 is 1.60 bits per heavy atom. The van der Waals surface area contributed by atoms with Crippen LogP contribution in [-0.4, -0.2) is 17.6 Å².